The summed E-state index contributed by atoms with van der Waals surface area (Å²) in [5, 5.41) is 0. The second kappa shape index (κ2) is 220. The monoisotopic (exact) mass is 1570 g/mol. The Morgan fingerprint density at radius 2 is 0.250 bits per heavy atom. The van der Waals surface area contributed by atoms with E-state index in [1.807, 2.05) is 0 Å². The van der Waals surface area contributed by atoms with Gasteiger partial charge in [0, 0.05) is 18.6 Å². The average molecular weight is 1580 g/mol. The largest absolute Gasteiger partial charge is 4.00 e. The summed E-state index contributed by atoms with van der Waals surface area (Å²) in [5.74, 6) is 0. The molecule has 0 aromatic rings. The maximum atomic E-state index is 0. The van der Waals surface area contributed by atoms with Gasteiger partial charge < -0.3 is 272 Å². The van der Waals surface area contributed by atoms with Crippen molar-refractivity contribution in [2.24, 2.45) is 0 Å². The first kappa shape index (κ1) is 243. The zero-order valence-corrected chi connectivity index (χ0v) is 41.2. The molecule has 0 bridgehead atoms. The molecule has 0 aromatic carbocycles. The van der Waals surface area contributed by atoms with Crippen molar-refractivity contribution in [1.82, 2.24) is 0 Å². The Kier molecular flexibility index (Phi) is 2670. The van der Waals surface area contributed by atoms with Crippen LogP contribution < -0.4 is 272 Å². The van der Waals surface area contributed by atoms with E-state index >= 15 is 0 Å². The third-order valence-electron chi connectivity index (χ3n) is 0. The second-order valence-corrected chi connectivity index (χ2v) is 0. The van der Waals surface area contributed by atoms with E-state index in [0.717, 1.165) is 0 Å². The summed E-state index contributed by atoms with van der Waals surface area (Å²) in [6.45, 7) is 0. The minimum atomic E-state index is 0. The van der Waals surface area contributed by atoms with E-state index in [2.05, 4.69) is 0 Å². The molecule has 0 saturated carbocycles. The van der Waals surface area contributed by atoms with Crippen LogP contribution in [0, 0.1) is 0 Å². The Morgan fingerprint density at radius 3 is 0.250 bits per heavy atom. The van der Waals surface area contributed by atoms with E-state index in [4.69, 9.17) is 0 Å². The second-order valence-electron chi connectivity index (χ2n) is 0. The molecule has 0 heterocycles. The van der Waals surface area contributed by atoms with E-state index in [1.165, 1.54) is 0 Å². The maximum absolute atomic E-state index is 0. The molecule has 0 spiro atoms. The zero-order valence-electron chi connectivity index (χ0n) is 8.07. The van der Waals surface area contributed by atoms with E-state index in [0.29, 0.717) is 0 Å². The van der Waals surface area contributed by atoms with Gasteiger partial charge in [0.1, 0.15) is 0 Å². The first-order chi connectivity index (χ1) is 0. The van der Waals surface area contributed by atoms with E-state index < -0.39 is 0 Å². The fraction of sp³-hybridized carbons (Fsp3) is 0. The molecule has 0 aliphatic heterocycles. The smallest absolute Gasteiger partial charge is 1.00 e. The normalized spacial score (nSPS) is 0. The van der Waals surface area contributed by atoms with Crippen molar-refractivity contribution in [3.8, 4) is 0 Å². The van der Waals surface area contributed by atoms with Gasteiger partial charge in [0.15, 0.2) is 0 Å². The van der Waals surface area contributed by atoms with Crippen LogP contribution in [0.5, 0.6) is 0 Å². The van der Waals surface area contributed by atoms with E-state index in [1.54, 1.807) is 0 Å². The third kappa shape index (κ3) is 197. The van der Waals surface area contributed by atoms with Crippen LogP contribution in [0.15, 0.2) is 0 Å². The summed E-state index contributed by atoms with van der Waals surface area (Å²) < 4.78 is 0. The first-order valence-corrected chi connectivity index (χ1v) is 0. The fourth-order valence-electron chi connectivity index (χ4n) is 0. The summed E-state index contributed by atoms with van der Waals surface area (Å²) in [6, 6.07) is 0. The summed E-state index contributed by atoms with van der Waals surface area (Å²) in [7, 11) is 0. The van der Waals surface area contributed by atoms with Gasteiger partial charge in [-0.25, -0.2) is 0 Å². The summed E-state index contributed by atoms with van der Waals surface area (Å²) in [4.78, 5) is 0. The standard InChI is InChI=1S/Al.16BrH.Hf.Ti.V/h;16*1H;;;/q+3;;;;;;;;;;;;;;;;;2*+4;/p-16. The first-order valence-electron chi connectivity index (χ1n) is 0. The van der Waals surface area contributed by atoms with E-state index in [9.17, 15) is 0 Å². The van der Waals surface area contributed by atoms with Gasteiger partial charge in [-0.2, -0.15) is 0 Å². The van der Waals surface area contributed by atoms with Crippen molar-refractivity contribution in [2.45, 2.75) is 0 Å². The molecule has 0 saturated heterocycles. The van der Waals surface area contributed by atoms with Gasteiger partial charge in [-0.05, 0) is 0 Å². The van der Waals surface area contributed by atoms with Gasteiger partial charge in [-0.1, -0.05) is 0 Å². The molecule has 20 heteroatoms. The van der Waals surface area contributed by atoms with Crippen molar-refractivity contribution >= 4 is 17.4 Å². The van der Waals surface area contributed by atoms with Gasteiger partial charge in [0.2, 0.25) is 0 Å². The van der Waals surface area contributed by atoms with Gasteiger partial charge >= 0.3 is 64.9 Å². The molecule has 1 radical (unpaired) electrons. The van der Waals surface area contributed by atoms with Crippen LogP contribution in [0.25, 0.3) is 0 Å². The molecule has 0 nitrogen and oxygen atoms in total. The summed E-state index contributed by atoms with van der Waals surface area (Å²) in [6.07, 6.45) is 0. The number of rotatable bonds is 0. The molecule has 0 aliphatic rings. The molecule has 0 atom stereocenters. The number of hydrogen-bond acceptors (Lipinski definition) is 0. The Morgan fingerprint density at radius 1 is 0.250 bits per heavy atom. The fourth-order valence-corrected chi connectivity index (χ4v) is 0. The molecule has 0 unspecified atom stereocenters. The number of hydrogen-bond donors (Lipinski definition) is 0. The third-order valence-corrected chi connectivity index (χ3v) is 0. The van der Waals surface area contributed by atoms with Gasteiger partial charge in [-0.15, -0.1) is 0 Å². The van der Waals surface area contributed by atoms with Crippen molar-refractivity contribution in [3.63, 3.8) is 0 Å². The van der Waals surface area contributed by atoms with Crippen molar-refractivity contribution in [3.05, 3.63) is 0 Å². The molecule has 0 fully saturated rings. The van der Waals surface area contributed by atoms with Crippen molar-refractivity contribution < 1.29 is 338 Å². The topological polar surface area (TPSA) is 0 Å². The minimum absolute atomic E-state index is 0. The SMILES string of the molecule is [Al+3].[Br-].[Br-].[Br-].[Br-].[Br-].[Br-].[Br-].[Br-].[Br-].[Br-].[Br-].[Br-].[Br-].[Br-].[Br-].[Br-].[Hf+4].[Ti+4].[V]. The van der Waals surface area contributed by atoms with Crippen LogP contribution in [-0.2, 0) is 66.1 Å². The van der Waals surface area contributed by atoms with Crippen LogP contribution in [0.4, 0.5) is 0 Å². The quantitative estimate of drug-likeness (QED) is 0.212. The molecule has 0 amide bonds. The number of halogens is 16. The molecule has 0 N–H and O–H groups in total. The van der Waals surface area contributed by atoms with Crippen molar-refractivity contribution in [2.75, 3.05) is 0 Å². The van der Waals surface area contributed by atoms with Crippen LogP contribution in [0.1, 0.15) is 0 Å². The van der Waals surface area contributed by atoms with Gasteiger partial charge in [0.05, 0.1) is 0 Å². The van der Waals surface area contributed by atoms with Crippen LogP contribution in [-0.4, -0.2) is 17.4 Å². The molecule has 0 aromatic heterocycles. The Bertz CT molecular complexity index is 22.4. The molecule has 0 rings (SSSR count). The maximum Gasteiger partial charge on any atom is 4.00 e. The summed E-state index contributed by atoms with van der Waals surface area (Å²) >= 11 is 0. The van der Waals surface area contributed by atoms with Crippen molar-refractivity contribution in [1.29, 1.82) is 0 Å². The molecule has 20 heavy (non-hydrogen) atoms. The Hall–Kier alpha value is 10.4. The molecular formula is AlBr16HfTiV-5. The van der Waals surface area contributed by atoms with Crippen LogP contribution in [0.3, 0.4) is 0 Å². The minimum Gasteiger partial charge on any atom is -1.00 e. The molecule has 0 aliphatic carbocycles. The predicted molar refractivity (Wildman–Crippen MR) is 5.75 cm³/mol. The van der Waals surface area contributed by atoms with Gasteiger partial charge in [-0.3, -0.25) is 0 Å². The summed E-state index contributed by atoms with van der Waals surface area (Å²) in [5.41, 5.74) is 0. The Labute approximate surface area is 346 Å². The van der Waals surface area contributed by atoms with E-state index in [-0.39, 0.29) is 355 Å². The Balaban J connectivity index is 0. The van der Waals surface area contributed by atoms with Crippen LogP contribution in [0.2, 0.25) is 0 Å². The van der Waals surface area contributed by atoms with Gasteiger partial charge in [0.25, 0.3) is 0 Å². The zero-order chi connectivity index (χ0) is 0. The van der Waals surface area contributed by atoms with Crippen LogP contribution >= 0.6 is 0 Å². The average Bonchev–Trinajstić information content (AvgIpc) is 0. The molecule has 133 valence electrons. The molecular weight excluding hydrogens is 1580 g/mol. The predicted octanol–water partition coefficient (Wildman–Crippen LogP) is -48.3.